The fraction of sp³-hybridized carbons (Fsp3) is 0.167. The third-order valence-corrected chi connectivity index (χ3v) is 2.98. The maximum Gasteiger partial charge on any atom is 0.241 e. The van der Waals surface area contributed by atoms with Gasteiger partial charge in [-0.25, -0.2) is 5.84 Å². The van der Waals surface area contributed by atoms with Crippen molar-refractivity contribution < 1.29 is 0 Å². The molecular weight excluding hydrogens is 256 g/mol. The molecule has 3 heterocycles. The van der Waals surface area contributed by atoms with Crippen LogP contribution in [0.5, 0.6) is 0 Å². The Labute approximate surface area is 114 Å². The van der Waals surface area contributed by atoms with E-state index in [0.29, 0.717) is 17.4 Å². The maximum atomic E-state index is 5.37. The van der Waals surface area contributed by atoms with Gasteiger partial charge in [-0.2, -0.15) is 15.1 Å². The minimum Gasteiger partial charge on any atom is -0.363 e. The summed E-state index contributed by atoms with van der Waals surface area (Å²) in [6, 6.07) is 3.94. The second-order valence-electron chi connectivity index (χ2n) is 4.32. The standard InChI is InChI=1S/C12H14N8/c1-7(8-3-2-4-14-5-8)16-10-9-6-15-20-11(9)18-12(17-10)19-13/h2-7H,13H2,1H3,(H3,15,16,17,18,19,20). The Morgan fingerprint density at radius 2 is 2.20 bits per heavy atom. The fourth-order valence-electron chi connectivity index (χ4n) is 1.93. The Bertz CT molecular complexity index is 708. The number of hydrogen-bond donors (Lipinski definition) is 4. The van der Waals surface area contributed by atoms with Crippen molar-refractivity contribution in [1.29, 1.82) is 0 Å². The summed E-state index contributed by atoms with van der Waals surface area (Å²) in [4.78, 5) is 12.6. The molecule has 0 saturated heterocycles. The first-order valence-corrected chi connectivity index (χ1v) is 6.12. The summed E-state index contributed by atoms with van der Waals surface area (Å²) in [5.41, 5.74) is 4.12. The lowest BCUT2D eigenvalue weighted by molar-refractivity contribution is 0.867. The van der Waals surface area contributed by atoms with Crippen molar-refractivity contribution in [2.75, 3.05) is 10.7 Å². The predicted octanol–water partition coefficient (Wildman–Crippen LogP) is 1.21. The molecular formula is C12H14N8. The van der Waals surface area contributed by atoms with Gasteiger partial charge < -0.3 is 5.32 Å². The van der Waals surface area contributed by atoms with E-state index in [4.69, 9.17) is 5.84 Å². The second-order valence-corrected chi connectivity index (χ2v) is 4.32. The van der Waals surface area contributed by atoms with Gasteiger partial charge in [0.05, 0.1) is 17.6 Å². The van der Waals surface area contributed by atoms with Gasteiger partial charge in [0.1, 0.15) is 5.82 Å². The molecule has 8 nitrogen and oxygen atoms in total. The molecule has 0 fully saturated rings. The van der Waals surface area contributed by atoms with Crippen LogP contribution in [0.1, 0.15) is 18.5 Å². The van der Waals surface area contributed by atoms with Crippen molar-refractivity contribution in [2.45, 2.75) is 13.0 Å². The van der Waals surface area contributed by atoms with E-state index in [2.05, 4.69) is 35.9 Å². The monoisotopic (exact) mass is 270 g/mol. The van der Waals surface area contributed by atoms with Gasteiger partial charge in [-0.15, -0.1) is 0 Å². The smallest absolute Gasteiger partial charge is 0.241 e. The predicted molar refractivity (Wildman–Crippen MR) is 75.8 cm³/mol. The number of fused-ring (bicyclic) bond motifs is 1. The first-order chi connectivity index (χ1) is 9.78. The highest BCUT2D eigenvalue weighted by molar-refractivity contribution is 5.87. The van der Waals surface area contributed by atoms with Gasteiger partial charge in [-0.3, -0.25) is 15.5 Å². The number of anilines is 2. The summed E-state index contributed by atoms with van der Waals surface area (Å²) >= 11 is 0. The molecule has 1 atom stereocenters. The minimum atomic E-state index is 0.0438. The highest BCUT2D eigenvalue weighted by atomic mass is 15.3. The second kappa shape index (κ2) is 5.10. The maximum absolute atomic E-state index is 5.37. The van der Waals surface area contributed by atoms with Gasteiger partial charge in [0.15, 0.2) is 5.65 Å². The molecule has 3 aromatic rings. The topological polar surface area (TPSA) is 117 Å². The molecule has 0 aromatic carbocycles. The summed E-state index contributed by atoms with van der Waals surface area (Å²) in [5.74, 6) is 6.36. The van der Waals surface area contributed by atoms with Crippen molar-refractivity contribution in [3.8, 4) is 0 Å². The number of rotatable bonds is 4. The molecule has 5 N–H and O–H groups in total. The number of nitrogens with zero attached hydrogens (tertiary/aromatic N) is 4. The Kier molecular flexibility index (Phi) is 3.13. The molecule has 3 rings (SSSR count). The quantitative estimate of drug-likeness (QED) is 0.415. The van der Waals surface area contributed by atoms with E-state index in [1.165, 1.54) is 0 Å². The van der Waals surface area contributed by atoms with Crippen LogP contribution in [0.15, 0.2) is 30.7 Å². The summed E-state index contributed by atoms with van der Waals surface area (Å²) in [7, 11) is 0. The molecule has 0 bridgehead atoms. The zero-order valence-electron chi connectivity index (χ0n) is 10.8. The van der Waals surface area contributed by atoms with Crippen LogP contribution in [0.25, 0.3) is 11.0 Å². The first kappa shape index (κ1) is 12.3. The number of aromatic amines is 1. The average Bonchev–Trinajstić information content (AvgIpc) is 2.96. The average molecular weight is 270 g/mol. The van der Waals surface area contributed by atoms with Gasteiger partial charge in [-0.05, 0) is 18.6 Å². The minimum absolute atomic E-state index is 0.0438. The molecule has 0 radical (unpaired) electrons. The van der Waals surface area contributed by atoms with Crippen LogP contribution in [0.2, 0.25) is 0 Å². The zero-order valence-corrected chi connectivity index (χ0v) is 10.8. The van der Waals surface area contributed by atoms with E-state index >= 15 is 0 Å². The van der Waals surface area contributed by atoms with Crippen LogP contribution in [-0.4, -0.2) is 25.1 Å². The van der Waals surface area contributed by atoms with Crippen molar-refractivity contribution in [1.82, 2.24) is 25.1 Å². The van der Waals surface area contributed by atoms with Gasteiger partial charge in [0.2, 0.25) is 5.95 Å². The third kappa shape index (κ3) is 2.24. The Morgan fingerprint density at radius 1 is 1.30 bits per heavy atom. The van der Waals surface area contributed by atoms with Gasteiger partial charge in [0.25, 0.3) is 0 Å². The Hall–Kier alpha value is -2.74. The molecule has 0 saturated carbocycles. The number of nitrogen functional groups attached to an aromatic ring is 1. The lowest BCUT2D eigenvalue weighted by Gasteiger charge is -2.15. The number of pyridine rings is 1. The molecule has 0 aliphatic carbocycles. The number of nitrogens with two attached hydrogens (primary N) is 1. The van der Waals surface area contributed by atoms with Gasteiger partial charge >= 0.3 is 0 Å². The Balaban J connectivity index is 1.95. The fourth-order valence-corrected chi connectivity index (χ4v) is 1.93. The summed E-state index contributed by atoms with van der Waals surface area (Å²) in [6.45, 7) is 2.03. The Morgan fingerprint density at radius 3 is 2.95 bits per heavy atom. The van der Waals surface area contributed by atoms with Crippen LogP contribution >= 0.6 is 0 Å². The van der Waals surface area contributed by atoms with E-state index in [1.54, 1.807) is 12.4 Å². The van der Waals surface area contributed by atoms with Gasteiger partial charge in [0, 0.05) is 12.4 Å². The highest BCUT2D eigenvalue weighted by Crippen LogP contribution is 2.24. The highest BCUT2D eigenvalue weighted by Gasteiger charge is 2.12. The number of hydrazine groups is 1. The van der Waals surface area contributed by atoms with E-state index in [1.807, 2.05) is 25.3 Å². The van der Waals surface area contributed by atoms with E-state index in [-0.39, 0.29) is 6.04 Å². The normalized spacial score (nSPS) is 12.3. The molecule has 102 valence electrons. The summed E-state index contributed by atoms with van der Waals surface area (Å²) in [6.07, 6.45) is 5.23. The van der Waals surface area contributed by atoms with Crippen LogP contribution < -0.4 is 16.6 Å². The molecule has 0 aliphatic rings. The van der Waals surface area contributed by atoms with Crippen molar-refractivity contribution in [2.24, 2.45) is 5.84 Å². The third-order valence-electron chi connectivity index (χ3n) is 2.98. The lowest BCUT2D eigenvalue weighted by Crippen LogP contribution is -2.13. The SMILES string of the molecule is CC(Nc1nc(NN)nc2[nH]ncc12)c1cccnc1. The number of hydrogen-bond acceptors (Lipinski definition) is 7. The van der Waals surface area contributed by atoms with Crippen molar-refractivity contribution in [3.05, 3.63) is 36.3 Å². The van der Waals surface area contributed by atoms with Crippen LogP contribution in [0.3, 0.4) is 0 Å². The molecule has 3 aromatic heterocycles. The molecule has 0 amide bonds. The molecule has 0 aliphatic heterocycles. The van der Waals surface area contributed by atoms with Crippen LogP contribution in [-0.2, 0) is 0 Å². The summed E-state index contributed by atoms with van der Waals surface area (Å²) in [5, 5.41) is 10.9. The van der Waals surface area contributed by atoms with E-state index in [9.17, 15) is 0 Å². The van der Waals surface area contributed by atoms with Crippen molar-refractivity contribution in [3.63, 3.8) is 0 Å². The molecule has 20 heavy (non-hydrogen) atoms. The molecule has 8 heteroatoms. The number of H-pyrrole nitrogens is 1. The van der Waals surface area contributed by atoms with E-state index < -0.39 is 0 Å². The first-order valence-electron chi connectivity index (χ1n) is 6.12. The lowest BCUT2D eigenvalue weighted by atomic mass is 10.1. The van der Waals surface area contributed by atoms with Crippen LogP contribution in [0, 0.1) is 0 Å². The van der Waals surface area contributed by atoms with Crippen LogP contribution in [0.4, 0.5) is 11.8 Å². The zero-order chi connectivity index (χ0) is 13.9. The molecule has 1 unspecified atom stereocenters. The largest absolute Gasteiger partial charge is 0.363 e. The van der Waals surface area contributed by atoms with E-state index in [0.717, 1.165) is 10.9 Å². The summed E-state index contributed by atoms with van der Waals surface area (Å²) < 4.78 is 0. The number of aromatic nitrogens is 5. The van der Waals surface area contributed by atoms with Crippen molar-refractivity contribution >= 4 is 22.8 Å². The number of nitrogens with one attached hydrogen (secondary N) is 3. The van der Waals surface area contributed by atoms with Gasteiger partial charge in [-0.1, -0.05) is 6.07 Å². The molecule has 0 spiro atoms.